The molecule has 0 saturated carbocycles. The predicted octanol–water partition coefficient (Wildman–Crippen LogP) is 1.84. The van der Waals surface area contributed by atoms with Crippen LogP contribution in [-0.2, 0) is 9.47 Å². The molecule has 1 aromatic carbocycles. The average Bonchev–Trinajstić information content (AvgIpc) is 2.38. The maximum Gasteiger partial charge on any atom is 0.142 e. The number of benzene rings is 1. The van der Waals surface area contributed by atoms with Crippen molar-refractivity contribution in [1.29, 1.82) is 0 Å². The van der Waals surface area contributed by atoms with E-state index in [1.54, 1.807) is 0 Å². The second-order valence-corrected chi connectivity index (χ2v) is 4.07. The molecular weight excluding hydrogens is 218 g/mol. The zero-order valence-electron chi connectivity index (χ0n) is 9.93. The third-order valence-corrected chi connectivity index (χ3v) is 2.78. The lowest BCUT2D eigenvalue weighted by atomic mass is 10.2. The number of nitrogen functional groups attached to an aromatic ring is 1. The molecule has 2 N–H and O–H groups in total. The van der Waals surface area contributed by atoms with E-state index < -0.39 is 0 Å². The maximum absolute atomic E-state index is 5.76. The fourth-order valence-electron chi connectivity index (χ4n) is 1.82. The van der Waals surface area contributed by atoms with Gasteiger partial charge in [0, 0.05) is 13.2 Å². The van der Waals surface area contributed by atoms with Crippen molar-refractivity contribution in [3.8, 4) is 5.75 Å². The summed E-state index contributed by atoms with van der Waals surface area (Å²) in [5, 5.41) is 0. The molecule has 1 aliphatic rings. The van der Waals surface area contributed by atoms with Crippen molar-refractivity contribution in [2.45, 2.75) is 18.9 Å². The molecule has 0 amide bonds. The van der Waals surface area contributed by atoms with Gasteiger partial charge >= 0.3 is 0 Å². The van der Waals surface area contributed by atoms with Crippen LogP contribution in [0.1, 0.15) is 12.8 Å². The van der Waals surface area contributed by atoms with Crippen molar-refractivity contribution in [2.75, 3.05) is 32.2 Å². The van der Waals surface area contributed by atoms with E-state index in [4.69, 9.17) is 19.9 Å². The number of hydrogen-bond donors (Lipinski definition) is 1. The molecule has 0 aromatic heterocycles. The summed E-state index contributed by atoms with van der Waals surface area (Å²) >= 11 is 0. The van der Waals surface area contributed by atoms with Gasteiger partial charge in [-0.15, -0.1) is 0 Å². The van der Waals surface area contributed by atoms with Gasteiger partial charge in [-0.25, -0.2) is 0 Å². The Balaban J connectivity index is 1.64. The lowest BCUT2D eigenvalue weighted by molar-refractivity contribution is -0.0387. The van der Waals surface area contributed by atoms with Crippen molar-refractivity contribution in [1.82, 2.24) is 0 Å². The van der Waals surface area contributed by atoms with Gasteiger partial charge in [-0.1, -0.05) is 12.1 Å². The molecule has 94 valence electrons. The zero-order chi connectivity index (χ0) is 11.9. The lowest BCUT2D eigenvalue weighted by Crippen LogP contribution is -2.25. The molecule has 1 heterocycles. The van der Waals surface area contributed by atoms with E-state index in [9.17, 15) is 0 Å². The molecule has 0 spiro atoms. The van der Waals surface area contributed by atoms with Crippen LogP contribution in [0.3, 0.4) is 0 Å². The van der Waals surface area contributed by atoms with Crippen LogP contribution >= 0.6 is 0 Å². The van der Waals surface area contributed by atoms with Crippen molar-refractivity contribution >= 4 is 5.69 Å². The predicted molar refractivity (Wildman–Crippen MR) is 66.1 cm³/mol. The minimum Gasteiger partial charge on any atom is -0.489 e. The SMILES string of the molecule is Nc1ccccc1OCCOC1CCOCC1. The van der Waals surface area contributed by atoms with E-state index in [0.29, 0.717) is 25.0 Å². The van der Waals surface area contributed by atoms with Crippen LogP contribution in [-0.4, -0.2) is 32.5 Å². The highest BCUT2D eigenvalue weighted by molar-refractivity contribution is 5.51. The second-order valence-electron chi connectivity index (χ2n) is 4.07. The lowest BCUT2D eigenvalue weighted by Gasteiger charge is -2.22. The zero-order valence-corrected chi connectivity index (χ0v) is 9.93. The molecule has 0 unspecified atom stereocenters. The van der Waals surface area contributed by atoms with Crippen molar-refractivity contribution in [3.05, 3.63) is 24.3 Å². The number of hydrogen-bond acceptors (Lipinski definition) is 4. The van der Waals surface area contributed by atoms with Crippen LogP contribution < -0.4 is 10.5 Å². The van der Waals surface area contributed by atoms with E-state index >= 15 is 0 Å². The Bertz CT molecular complexity index is 337. The number of rotatable bonds is 5. The molecule has 0 aliphatic carbocycles. The van der Waals surface area contributed by atoms with Crippen LogP contribution in [0.5, 0.6) is 5.75 Å². The Morgan fingerprint density at radius 2 is 1.94 bits per heavy atom. The van der Waals surface area contributed by atoms with E-state index in [1.807, 2.05) is 24.3 Å². The molecule has 1 aliphatic heterocycles. The number of para-hydroxylation sites is 2. The highest BCUT2D eigenvalue weighted by Crippen LogP contribution is 2.19. The van der Waals surface area contributed by atoms with Gasteiger partial charge in [-0.3, -0.25) is 0 Å². The molecular formula is C13H19NO3. The van der Waals surface area contributed by atoms with E-state index in [0.717, 1.165) is 31.8 Å². The molecule has 1 fully saturated rings. The second kappa shape index (κ2) is 6.47. The number of anilines is 1. The third-order valence-electron chi connectivity index (χ3n) is 2.78. The van der Waals surface area contributed by atoms with Gasteiger partial charge in [0.05, 0.1) is 18.4 Å². The number of ether oxygens (including phenoxy) is 3. The summed E-state index contributed by atoms with van der Waals surface area (Å²) in [6.07, 6.45) is 2.28. The molecule has 0 radical (unpaired) electrons. The quantitative estimate of drug-likeness (QED) is 0.627. The Kier molecular flexibility index (Phi) is 4.64. The smallest absolute Gasteiger partial charge is 0.142 e. The largest absolute Gasteiger partial charge is 0.489 e. The van der Waals surface area contributed by atoms with Gasteiger partial charge in [-0.2, -0.15) is 0 Å². The standard InChI is InChI=1S/C13H19NO3/c14-12-3-1-2-4-13(12)17-10-9-16-11-5-7-15-8-6-11/h1-4,11H,5-10,14H2. The van der Waals surface area contributed by atoms with Gasteiger partial charge in [0.2, 0.25) is 0 Å². The first-order chi connectivity index (χ1) is 8.36. The first-order valence-electron chi connectivity index (χ1n) is 6.03. The molecule has 17 heavy (non-hydrogen) atoms. The highest BCUT2D eigenvalue weighted by atomic mass is 16.5. The summed E-state index contributed by atoms with van der Waals surface area (Å²) in [4.78, 5) is 0. The summed E-state index contributed by atoms with van der Waals surface area (Å²) in [6, 6.07) is 7.49. The van der Waals surface area contributed by atoms with Gasteiger partial charge in [-0.05, 0) is 25.0 Å². The molecule has 1 aromatic rings. The van der Waals surface area contributed by atoms with Crippen LogP contribution in [0, 0.1) is 0 Å². The molecule has 4 nitrogen and oxygen atoms in total. The van der Waals surface area contributed by atoms with Gasteiger partial charge < -0.3 is 19.9 Å². The first kappa shape index (κ1) is 12.2. The Morgan fingerprint density at radius 3 is 2.71 bits per heavy atom. The molecule has 2 rings (SSSR count). The molecule has 1 saturated heterocycles. The van der Waals surface area contributed by atoms with Crippen LogP contribution in [0.2, 0.25) is 0 Å². The summed E-state index contributed by atoms with van der Waals surface area (Å²) in [5.74, 6) is 0.725. The van der Waals surface area contributed by atoms with Crippen molar-refractivity contribution in [2.24, 2.45) is 0 Å². The van der Waals surface area contributed by atoms with E-state index in [2.05, 4.69) is 0 Å². The van der Waals surface area contributed by atoms with E-state index in [-0.39, 0.29) is 0 Å². The molecule has 4 heteroatoms. The Labute approximate surface area is 102 Å². The van der Waals surface area contributed by atoms with E-state index in [1.165, 1.54) is 0 Å². The third kappa shape index (κ3) is 3.91. The summed E-state index contributed by atoms with van der Waals surface area (Å²) in [7, 11) is 0. The van der Waals surface area contributed by atoms with Gasteiger partial charge in [0.1, 0.15) is 12.4 Å². The molecule has 0 atom stereocenters. The van der Waals surface area contributed by atoms with Crippen molar-refractivity contribution < 1.29 is 14.2 Å². The summed E-state index contributed by atoms with van der Waals surface area (Å²) < 4.78 is 16.5. The fourth-order valence-corrected chi connectivity index (χ4v) is 1.82. The molecule has 0 bridgehead atoms. The van der Waals surface area contributed by atoms with Crippen LogP contribution in [0.15, 0.2) is 24.3 Å². The minimum atomic E-state index is 0.320. The van der Waals surface area contributed by atoms with Crippen molar-refractivity contribution in [3.63, 3.8) is 0 Å². The monoisotopic (exact) mass is 237 g/mol. The number of nitrogens with two attached hydrogens (primary N) is 1. The topological polar surface area (TPSA) is 53.7 Å². The Hall–Kier alpha value is -1.26. The van der Waals surface area contributed by atoms with Gasteiger partial charge in [0.25, 0.3) is 0 Å². The van der Waals surface area contributed by atoms with Crippen LogP contribution in [0.4, 0.5) is 5.69 Å². The first-order valence-corrected chi connectivity index (χ1v) is 6.03. The highest BCUT2D eigenvalue weighted by Gasteiger charge is 2.13. The van der Waals surface area contributed by atoms with Gasteiger partial charge in [0.15, 0.2) is 0 Å². The normalized spacial score (nSPS) is 16.9. The minimum absolute atomic E-state index is 0.320. The maximum atomic E-state index is 5.76. The fraction of sp³-hybridized carbons (Fsp3) is 0.538. The summed E-state index contributed by atoms with van der Waals surface area (Å²) in [5.41, 5.74) is 6.43. The van der Waals surface area contributed by atoms with Crippen LogP contribution in [0.25, 0.3) is 0 Å². The summed E-state index contributed by atoms with van der Waals surface area (Å²) in [6.45, 7) is 2.74. The average molecular weight is 237 g/mol. The Morgan fingerprint density at radius 1 is 1.18 bits per heavy atom.